The van der Waals surface area contributed by atoms with E-state index in [0.29, 0.717) is 25.2 Å². The quantitative estimate of drug-likeness (QED) is 0.856. The second kappa shape index (κ2) is 7.82. The van der Waals surface area contributed by atoms with E-state index in [0.717, 1.165) is 25.0 Å². The molecular formula is C17H22N2O2. The first-order valence-corrected chi connectivity index (χ1v) is 7.44. The maximum atomic E-state index is 12.5. The van der Waals surface area contributed by atoms with E-state index in [4.69, 9.17) is 10.5 Å². The van der Waals surface area contributed by atoms with Crippen LogP contribution in [0.15, 0.2) is 24.3 Å². The summed E-state index contributed by atoms with van der Waals surface area (Å²) in [5.74, 6) is 5.80. The first kappa shape index (κ1) is 15.6. The summed E-state index contributed by atoms with van der Waals surface area (Å²) in [6.07, 6.45) is 2.31. The Morgan fingerprint density at radius 3 is 2.76 bits per heavy atom. The van der Waals surface area contributed by atoms with Crippen molar-refractivity contribution in [1.29, 1.82) is 0 Å². The number of ether oxygens (including phenoxy) is 1. The minimum atomic E-state index is 0.0475. The zero-order valence-electron chi connectivity index (χ0n) is 12.5. The monoisotopic (exact) mass is 286 g/mol. The van der Waals surface area contributed by atoms with Crippen LogP contribution in [-0.2, 0) is 4.74 Å². The predicted octanol–water partition coefficient (Wildman–Crippen LogP) is 1.64. The predicted molar refractivity (Wildman–Crippen MR) is 82.9 cm³/mol. The summed E-state index contributed by atoms with van der Waals surface area (Å²) in [6.45, 7) is 4.50. The fraction of sp³-hybridized carbons (Fsp3) is 0.471. The largest absolute Gasteiger partial charge is 0.376 e. The molecule has 1 aromatic rings. The molecule has 2 N–H and O–H groups in total. The Morgan fingerprint density at radius 2 is 2.19 bits per heavy atom. The van der Waals surface area contributed by atoms with Gasteiger partial charge in [-0.1, -0.05) is 11.8 Å². The summed E-state index contributed by atoms with van der Waals surface area (Å²) >= 11 is 0. The van der Waals surface area contributed by atoms with Gasteiger partial charge < -0.3 is 15.4 Å². The second-order valence-corrected chi connectivity index (χ2v) is 5.06. The van der Waals surface area contributed by atoms with Crippen LogP contribution in [0.4, 0.5) is 0 Å². The Hall–Kier alpha value is -1.83. The maximum absolute atomic E-state index is 12.5. The van der Waals surface area contributed by atoms with E-state index < -0.39 is 0 Å². The van der Waals surface area contributed by atoms with E-state index >= 15 is 0 Å². The summed E-state index contributed by atoms with van der Waals surface area (Å²) in [4.78, 5) is 14.3. The molecule has 1 atom stereocenters. The van der Waals surface area contributed by atoms with Crippen LogP contribution in [0.5, 0.6) is 0 Å². The van der Waals surface area contributed by atoms with Crippen LogP contribution in [-0.4, -0.2) is 43.2 Å². The molecule has 1 unspecified atom stereocenters. The van der Waals surface area contributed by atoms with Crippen molar-refractivity contribution in [3.63, 3.8) is 0 Å². The molecular weight excluding hydrogens is 264 g/mol. The van der Waals surface area contributed by atoms with E-state index in [2.05, 4.69) is 11.8 Å². The van der Waals surface area contributed by atoms with E-state index in [1.54, 1.807) is 0 Å². The van der Waals surface area contributed by atoms with Gasteiger partial charge in [-0.15, -0.1) is 0 Å². The summed E-state index contributed by atoms with van der Waals surface area (Å²) in [7, 11) is 0. The van der Waals surface area contributed by atoms with Gasteiger partial charge in [0.1, 0.15) is 0 Å². The number of amides is 1. The van der Waals surface area contributed by atoms with Crippen LogP contribution >= 0.6 is 0 Å². The molecule has 1 aliphatic rings. The molecule has 112 valence electrons. The summed E-state index contributed by atoms with van der Waals surface area (Å²) in [6, 6.07) is 7.35. The number of likely N-dealkylation sites (N-methyl/N-ethyl adjacent to an activating group) is 1. The van der Waals surface area contributed by atoms with Crippen LogP contribution in [0.2, 0.25) is 0 Å². The van der Waals surface area contributed by atoms with Crippen molar-refractivity contribution >= 4 is 5.91 Å². The van der Waals surface area contributed by atoms with E-state index in [1.807, 2.05) is 36.1 Å². The minimum Gasteiger partial charge on any atom is -0.376 e. The zero-order valence-corrected chi connectivity index (χ0v) is 12.5. The van der Waals surface area contributed by atoms with Crippen LogP contribution in [0.1, 0.15) is 35.7 Å². The number of carbonyl (C=O) groups is 1. The van der Waals surface area contributed by atoms with Crippen LogP contribution in [0, 0.1) is 11.8 Å². The minimum absolute atomic E-state index is 0.0475. The SMILES string of the molecule is CCN(CC1CCCO1)C(=O)c1ccc(C#CCN)cc1. The summed E-state index contributed by atoms with van der Waals surface area (Å²) in [5, 5.41) is 0. The smallest absolute Gasteiger partial charge is 0.253 e. The Bertz CT molecular complexity index is 522. The molecule has 0 spiro atoms. The van der Waals surface area contributed by atoms with Gasteiger partial charge in [0.2, 0.25) is 0 Å². The average Bonchev–Trinajstić information content (AvgIpc) is 3.03. The van der Waals surface area contributed by atoms with Crippen molar-refractivity contribution in [1.82, 2.24) is 4.90 Å². The molecule has 0 bridgehead atoms. The second-order valence-electron chi connectivity index (χ2n) is 5.06. The van der Waals surface area contributed by atoms with Crippen molar-refractivity contribution in [3.8, 4) is 11.8 Å². The van der Waals surface area contributed by atoms with Gasteiger partial charge in [-0.2, -0.15) is 0 Å². The van der Waals surface area contributed by atoms with Gasteiger partial charge in [0.15, 0.2) is 0 Å². The fourth-order valence-corrected chi connectivity index (χ4v) is 2.42. The molecule has 0 saturated carbocycles. The lowest BCUT2D eigenvalue weighted by molar-refractivity contribution is 0.0539. The Balaban J connectivity index is 2.02. The van der Waals surface area contributed by atoms with E-state index in [-0.39, 0.29) is 12.0 Å². The van der Waals surface area contributed by atoms with Gasteiger partial charge in [-0.05, 0) is 44.0 Å². The van der Waals surface area contributed by atoms with Crippen LogP contribution in [0.3, 0.4) is 0 Å². The molecule has 1 saturated heterocycles. The molecule has 1 heterocycles. The van der Waals surface area contributed by atoms with Crippen molar-refractivity contribution in [2.45, 2.75) is 25.9 Å². The summed E-state index contributed by atoms with van der Waals surface area (Å²) in [5.41, 5.74) is 6.91. The Kier molecular flexibility index (Phi) is 5.79. The van der Waals surface area contributed by atoms with Crippen LogP contribution in [0.25, 0.3) is 0 Å². The van der Waals surface area contributed by atoms with Gasteiger partial charge in [0.05, 0.1) is 12.6 Å². The zero-order chi connectivity index (χ0) is 15.1. The van der Waals surface area contributed by atoms with E-state index in [9.17, 15) is 4.79 Å². The lowest BCUT2D eigenvalue weighted by Gasteiger charge is -2.24. The summed E-state index contributed by atoms with van der Waals surface area (Å²) < 4.78 is 5.61. The third-order valence-electron chi connectivity index (χ3n) is 3.58. The third kappa shape index (κ3) is 4.32. The van der Waals surface area contributed by atoms with E-state index in [1.165, 1.54) is 0 Å². The highest BCUT2D eigenvalue weighted by molar-refractivity contribution is 5.94. The molecule has 0 aromatic heterocycles. The Labute approximate surface area is 126 Å². The van der Waals surface area contributed by atoms with Gasteiger partial charge in [0, 0.05) is 30.8 Å². The number of rotatable bonds is 4. The maximum Gasteiger partial charge on any atom is 0.253 e. The van der Waals surface area contributed by atoms with Crippen molar-refractivity contribution < 1.29 is 9.53 Å². The highest BCUT2D eigenvalue weighted by atomic mass is 16.5. The molecule has 1 fully saturated rings. The first-order valence-electron chi connectivity index (χ1n) is 7.44. The molecule has 4 nitrogen and oxygen atoms in total. The number of hydrogen-bond donors (Lipinski definition) is 1. The van der Waals surface area contributed by atoms with Crippen LogP contribution < -0.4 is 5.73 Å². The number of benzene rings is 1. The first-order chi connectivity index (χ1) is 10.2. The van der Waals surface area contributed by atoms with Gasteiger partial charge in [-0.25, -0.2) is 0 Å². The number of nitrogens with two attached hydrogens (primary N) is 1. The topological polar surface area (TPSA) is 55.6 Å². The lowest BCUT2D eigenvalue weighted by Crippen LogP contribution is -2.37. The van der Waals surface area contributed by atoms with Gasteiger partial charge >= 0.3 is 0 Å². The standard InChI is InChI=1S/C17H22N2O2/c1-2-19(13-16-6-4-12-21-16)17(20)15-9-7-14(8-10-15)5-3-11-18/h7-10,16H,2,4,6,11-13,18H2,1H3. The number of carbonyl (C=O) groups excluding carboxylic acids is 1. The molecule has 0 radical (unpaired) electrons. The highest BCUT2D eigenvalue weighted by Gasteiger charge is 2.22. The Morgan fingerprint density at radius 1 is 1.43 bits per heavy atom. The van der Waals surface area contributed by atoms with Gasteiger partial charge in [0.25, 0.3) is 5.91 Å². The van der Waals surface area contributed by atoms with Gasteiger partial charge in [-0.3, -0.25) is 4.79 Å². The number of hydrogen-bond acceptors (Lipinski definition) is 3. The van der Waals surface area contributed by atoms with Crippen molar-refractivity contribution in [2.75, 3.05) is 26.2 Å². The molecule has 1 aromatic carbocycles. The molecule has 21 heavy (non-hydrogen) atoms. The molecule has 1 aliphatic heterocycles. The highest BCUT2D eigenvalue weighted by Crippen LogP contribution is 2.15. The molecule has 4 heteroatoms. The molecule has 1 amide bonds. The normalized spacial score (nSPS) is 17.1. The average molecular weight is 286 g/mol. The van der Waals surface area contributed by atoms with Crippen molar-refractivity contribution in [3.05, 3.63) is 35.4 Å². The number of nitrogens with zero attached hydrogens (tertiary/aromatic N) is 1. The third-order valence-corrected chi connectivity index (χ3v) is 3.58. The molecule has 0 aliphatic carbocycles. The van der Waals surface area contributed by atoms with Crippen molar-refractivity contribution in [2.24, 2.45) is 5.73 Å². The lowest BCUT2D eigenvalue weighted by atomic mass is 10.1. The fourth-order valence-electron chi connectivity index (χ4n) is 2.42. The molecule has 2 rings (SSSR count).